The number of aromatic hydroxyl groups is 1. The number of phenols is 1. The molecule has 2 aliphatic rings. The van der Waals surface area contributed by atoms with E-state index in [-0.39, 0.29) is 74.5 Å². The Hall–Kier alpha value is -11.2. The van der Waals surface area contributed by atoms with Gasteiger partial charge in [0, 0.05) is 32.6 Å². The lowest BCUT2D eigenvalue weighted by Gasteiger charge is -2.35. The van der Waals surface area contributed by atoms with Gasteiger partial charge in [0.2, 0.25) is 94.5 Å². The number of rotatable bonds is 36. The highest BCUT2D eigenvalue weighted by molar-refractivity contribution is 6.02. The number of halogens is 2. The molecular formula is C85H130F2N16O21. The predicted molar refractivity (Wildman–Crippen MR) is 450 cm³/mol. The standard InChI is InChI=1S/C85H130F2N16O21/c1-11-12-13-19-22-28-59-73(114)91-50(6)72(113)94-60(35-37-67(88)108)74(115)97-64(43-53-26-25-27-53)79(120)102-85(10,83(124)100-66(46-104)78(119)92-49(5)71(112)90-48(4)70(89)111)40-24-21-18-16-14-15-17-20-23-39-84(9,82(123)99-61(36-38-68(109)110)75(116)96-63(76(117)95-59)44-54-29-32-56(107)33-30-54)103-80(121)65(45-55-31-34-57(86)58(87)42-55)98-81(122)69(51(7)105)101-77(118)62(41-47(2)3)93-52(8)106/h16,18,29-34,42,47-51,53,59-66,69,104-105,107H,11-15,17,19-28,35-41,43-46H2,1-10H3,(H2,88,108)(H2,89,111)(H,90,112)(H,91,114)(H,92,119)(H,93,106)(H,94,113)(H,95,117)(H,96,116)(H,97,115)(H,98,122)(H,99,123)(H,100,124)(H,101,118)(H,102,120)(H,103,121)(H,109,110)/t48-,49-,50-,51+,59-,60-,61-,62-,63-,64-,65-,66-,69-,84+,85?/m0/s1. The summed E-state index contributed by atoms with van der Waals surface area (Å²) in [5.41, 5.74) is 6.95. The van der Waals surface area contributed by atoms with Crippen LogP contribution in [-0.2, 0) is 94.3 Å². The van der Waals surface area contributed by atoms with Crippen LogP contribution in [0.5, 0.6) is 5.75 Å². The van der Waals surface area contributed by atoms with Crippen LogP contribution in [0.4, 0.5) is 8.78 Å². The monoisotopic (exact) mass is 1750 g/mol. The smallest absolute Gasteiger partial charge is 0.303 e. The van der Waals surface area contributed by atoms with Gasteiger partial charge in [0.15, 0.2) is 11.6 Å². The highest BCUT2D eigenvalue weighted by atomic mass is 19.2. The van der Waals surface area contributed by atoms with E-state index < -0.39 is 247 Å². The second kappa shape index (κ2) is 52.4. The molecule has 39 heteroatoms. The molecule has 0 saturated heterocycles. The molecule has 1 heterocycles. The van der Waals surface area contributed by atoms with Crippen molar-refractivity contribution in [2.75, 3.05) is 6.61 Å². The number of benzene rings is 2. The molecule has 1 saturated carbocycles. The summed E-state index contributed by atoms with van der Waals surface area (Å²) in [7, 11) is 0. The Kier molecular flexibility index (Phi) is 44.4. The zero-order chi connectivity index (χ0) is 92.7. The van der Waals surface area contributed by atoms with Crippen LogP contribution in [0, 0.1) is 23.5 Å². The second-order valence-corrected chi connectivity index (χ2v) is 33.2. The number of carbonyl (C=O) groups is 17. The number of nitrogens with one attached hydrogen (secondary N) is 14. The molecule has 1 fully saturated rings. The van der Waals surface area contributed by atoms with Crippen LogP contribution < -0.4 is 85.9 Å². The molecule has 22 N–H and O–H groups in total. The third-order valence-electron chi connectivity index (χ3n) is 21.7. The van der Waals surface area contributed by atoms with Gasteiger partial charge < -0.3 is 106 Å². The molecule has 124 heavy (non-hydrogen) atoms. The molecule has 2 aromatic carbocycles. The van der Waals surface area contributed by atoms with Gasteiger partial charge in [-0.2, -0.15) is 0 Å². The maximum Gasteiger partial charge on any atom is 0.303 e. The van der Waals surface area contributed by atoms with Gasteiger partial charge in [0.25, 0.3) is 0 Å². The molecule has 0 spiro atoms. The average molecular weight is 1750 g/mol. The van der Waals surface area contributed by atoms with Crippen LogP contribution in [0.3, 0.4) is 0 Å². The van der Waals surface area contributed by atoms with Gasteiger partial charge in [0.05, 0.1) is 12.7 Å². The number of nitrogens with two attached hydrogens (primary N) is 2. The molecule has 16 amide bonds. The lowest BCUT2D eigenvalue weighted by Crippen LogP contribution is -2.65. The minimum absolute atomic E-state index is 0.00439. The van der Waals surface area contributed by atoms with Crippen molar-refractivity contribution in [3.63, 3.8) is 0 Å². The zero-order valence-electron chi connectivity index (χ0n) is 72.6. The summed E-state index contributed by atoms with van der Waals surface area (Å²) in [5.74, 6) is -20.3. The topological polar surface area (TPSA) is 592 Å². The molecular weight excluding hydrogens is 1620 g/mol. The van der Waals surface area contributed by atoms with Gasteiger partial charge in [-0.25, -0.2) is 8.78 Å². The molecule has 15 atom stereocenters. The summed E-state index contributed by atoms with van der Waals surface area (Å²) in [6, 6.07) is -10.9. The quantitative estimate of drug-likeness (QED) is 0.0331. The summed E-state index contributed by atoms with van der Waals surface area (Å²) in [6.07, 6.45) is 5.45. The third kappa shape index (κ3) is 36.7. The molecule has 1 unspecified atom stereocenters. The lowest BCUT2D eigenvalue weighted by molar-refractivity contribution is -0.140. The number of unbranched alkanes of at least 4 members (excludes halogenated alkanes) is 4. The number of carboxylic acid groups (broad SMARTS) is 1. The van der Waals surface area contributed by atoms with E-state index in [4.69, 9.17) is 11.5 Å². The number of phenolic OH excluding ortho intramolecular Hbond substituents is 1. The van der Waals surface area contributed by atoms with Crippen LogP contribution in [0.15, 0.2) is 54.6 Å². The number of carboxylic acids is 1. The van der Waals surface area contributed by atoms with E-state index in [0.717, 1.165) is 51.3 Å². The molecule has 0 bridgehead atoms. The van der Waals surface area contributed by atoms with Crippen LogP contribution in [0.25, 0.3) is 0 Å². The Labute approximate surface area is 721 Å². The van der Waals surface area contributed by atoms with E-state index in [1.807, 2.05) is 13.0 Å². The summed E-state index contributed by atoms with van der Waals surface area (Å²) in [6.45, 7) is 13.2. The normalized spacial score (nSPS) is 22.8. The van der Waals surface area contributed by atoms with Gasteiger partial charge >= 0.3 is 5.97 Å². The van der Waals surface area contributed by atoms with E-state index in [2.05, 4.69) is 74.4 Å². The van der Waals surface area contributed by atoms with E-state index in [9.17, 15) is 87.1 Å². The van der Waals surface area contributed by atoms with Gasteiger partial charge in [-0.15, -0.1) is 0 Å². The predicted octanol–water partition coefficient (Wildman–Crippen LogP) is 0.769. The second-order valence-electron chi connectivity index (χ2n) is 33.2. The van der Waals surface area contributed by atoms with Crippen LogP contribution in [-0.4, -0.2) is 217 Å². The summed E-state index contributed by atoms with van der Waals surface area (Å²) in [5, 5.41) is 77.6. The van der Waals surface area contributed by atoms with Crippen molar-refractivity contribution < 1.29 is 111 Å². The molecule has 690 valence electrons. The Morgan fingerprint density at radius 3 is 1.71 bits per heavy atom. The third-order valence-corrected chi connectivity index (χ3v) is 21.7. The van der Waals surface area contributed by atoms with Crippen molar-refractivity contribution in [1.29, 1.82) is 0 Å². The lowest BCUT2D eigenvalue weighted by atomic mass is 9.80. The Bertz CT molecular complexity index is 4040. The number of primary amides is 2. The molecule has 1 aliphatic carbocycles. The van der Waals surface area contributed by atoms with Crippen molar-refractivity contribution in [2.45, 2.75) is 326 Å². The number of aliphatic hydroxyl groups excluding tert-OH is 2. The van der Waals surface area contributed by atoms with Crippen LogP contribution in [0.1, 0.15) is 234 Å². The molecule has 4 rings (SSSR count). The first-order valence-electron chi connectivity index (χ1n) is 42.6. The number of carbonyl (C=O) groups excluding carboxylic acids is 16. The van der Waals surface area contributed by atoms with Crippen molar-refractivity contribution in [2.24, 2.45) is 23.3 Å². The number of hydrogen-bond donors (Lipinski definition) is 20. The van der Waals surface area contributed by atoms with Crippen molar-refractivity contribution >= 4 is 100 Å². The SMILES string of the molecule is CCCCCCC[C@@H]1NC(=O)[C@H](Cc2ccc(O)cc2)NC(=O)[C@H](CCC(=O)O)NC(=O)[C@](C)(NC(=O)[C@H](Cc2ccc(F)c(F)c2)NC(=O)[C@@H](NC(=O)[C@H](CC(C)C)NC(C)=O)[C@@H](C)O)CCCCCCC=CCCCC(C)(C(=O)N[C@@H](CO)C(=O)N[C@@H](C)C(=O)N[C@@H](C)C(N)=O)NC(=O)[C@H](CC2CCC2)NC(=O)[C@H](CCC(N)=O)NC(=O)[C@H](C)NC1=O. The zero-order valence-corrected chi connectivity index (χ0v) is 72.6. The van der Waals surface area contributed by atoms with Crippen molar-refractivity contribution in [3.05, 3.63) is 77.4 Å². The fourth-order valence-electron chi connectivity index (χ4n) is 13.9. The summed E-state index contributed by atoms with van der Waals surface area (Å²) < 4.78 is 29.6. The minimum Gasteiger partial charge on any atom is -0.508 e. The highest BCUT2D eigenvalue weighted by Gasteiger charge is 2.44. The maximum absolute atomic E-state index is 15.4. The van der Waals surface area contributed by atoms with Crippen molar-refractivity contribution in [3.8, 4) is 5.75 Å². The van der Waals surface area contributed by atoms with Gasteiger partial charge in [0.1, 0.15) is 89.3 Å². The van der Waals surface area contributed by atoms with Gasteiger partial charge in [-0.05, 0) is 159 Å². The molecule has 2 aromatic rings. The average Bonchev–Trinajstić information content (AvgIpc) is 0.819. The van der Waals surface area contributed by atoms with Crippen LogP contribution >= 0.6 is 0 Å². The number of aliphatic carboxylic acids is 1. The number of allylic oxidation sites excluding steroid dienone is 2. The number of aliphatic hydroxyl groups is 2. The maximum atomic E-state index is 15.4. The molecule has 0 aromatic heterocycles. The summed E-state index contributed by atoms with van der Waals surface area (Å²) in [4.78, 5) is 238. The van der Waals surface area contributed by atoms with E-state index in [0.29, 0.717) is 63.4 Å². The minimum atomic E-state index is -2.18. The van der Waals surface area contributed by atoms with Crippen molar-refractivity contribution in [1.82, 2.24) is 74.4 Å². The number of amides is 16. The largest absolute Gasteiger partial charge is 0.508 e. The molecule has 0 radical (unpaired) electrons. The van der Waals surface area contributed by atoms with Crippen LogP contribution in [0.2, 0.25) is 0 Å². The fraction of sp³-hybridized carbons (Fsp3) is 0.635. The van der Waals surface area contributed by atoms with Gasteiger partial charge in [-0.1, -0.05) is 122 Å². The first kappa shape index (κ1) is 105. The Morgan fingerprint density at radius 2 is 1.12 bits per heavy atom. The first-order valence-corrected chi connectivity index (χ1v) is 42.6. The molecule has 1 aliphatic heterocycles. The highest BCUT2D eigenvalue weighted by Crippen LogP contribution is 2.31. The van der Waals surface area contributed by atoms with E-state index >= 15 is 23.6 Å². The number of hydrogen-bond acceptors (Lipinski definition) is 20. The van der Waals surface area contributed by atoms with Gasteiger partial charge in [-0.3, -0.25) is 81.5 Å². The Balaban J connectivity index is 1.92. The molecule has 37 nitrogen and oxygen atoms in total. The summed E-state index contributed by atoms with van der Waals surface area (Å²) >= 11 is 0. The van der Waals surface area contributed by atoms with E-state index in [1.54, 1.807) is 19.9 Å². The first-order chi connectivity index (χ1) is 58.4. The fourth-order valence-corrected chi connectivity index (χ4v) is 13.9. The Morgan fingerprint density at radius 1 is 0.556 bits per heavy atom. The van der Waals surface area contributed by atoms with E-state index in [1.165, 1.54) is 58.9 Å².